The second-order valence-corrected chi connectivity index (χ2v) is 13.8. The molecule has 0 bridgehead atoms. The van der Waals surface area contributed by atoms with Crippen LogP contribution in [0, 0.1) is 0 Å². The molecule has 0 saturated heterocycles. The summed E-state index contributed by atoms with van der Waals surface area (Å²) in [7, 11) is -0.888. The second-order valence-electron chi connectivity index (χ2n) is 10.8. The molecular weight excluding hydrogens is 619 g/mol. The van der Waals surface area contributed by atoms with Crippen molar-refractivity contribution in [2.45, 2.75) is 51.2 Å². The van der Waals surface area contributed by atoms with E-state index in [9.17, 15) is 27.6 Å². The number of ether oxygens (including phenoxy) is 1. The third-order valence-corrected chi connectivity index (χ3v) is 10.3. The van der Waals surface area contributed by atoms with E-state index >= 15 is 0 Å². The van der Waals surface area contributed by atoms with Gasteiger partial charge in [0.05, 0.1) is 23.6 Å². The lowest BCUT2D eigenvalue weighted by atomic mass is 10.0. The van der Waals surface area contributed by atoms with Crippen molar-refractivity contribution >= 4 is 50.3 Å². The molecule has 0 aliphatic carbocycles. The molecular formula is C31H37N5O7S2. The lowest BCUT2D eigenvalue weighted by Gasteiger charge is -2.26. The van der Waals surface area contributed by atoms with E-state index in [1.165, 1.54) is 52.5 Å². The second kappa shape index (κ2) is 14.2. The number of hydrogen-bond acceptors (Lipinski definition) is 8. The molecule has 0 fully saturated rings. The van der Waals surface area contributed by atoms with E-state index in [4.69, 9.17) is 4.74 Å². The summed E-state index contributed by atoms with van der Waals surface area (Å²) in [5.74, 6) is -1.25. The van der Waals surface area contributed by atoms with Crippen LogP contribution < -0.4 is 10.6 Å². The summed E-state index contributed by atoms with van der Waals surface area (Å²) in [6.45, 7) is 6.20. The zero-order valence-corrected chi connectivity index (χ0v) is 27.5. The van der Waals surface area contributed by atoms with Gasteiger partial charge in [-0.05, 0) is 62.6 Å². The molecule has 3 aromatic rings. The molecule has 0 radical (unpaired) electrons. The minimum Gasteiger partial charge on any atom is -0.450 e. The third-order valence-electron chi connectivity index (χ3n) is 7.14. The average molecular weight is 656 g/mol. The van der Waals surface area contributed by atoms with Crippen molar-refractivity contribution in [2.24, 2.45) is 0 Å². The predicted octanol–water partition coefficient (Wildman–Crippen LogP) is 4.53. The summed E-state index contributed by atoms with van der Waals surface area (Å²) in [6, 6.07) is 13.9. The van der Waals surface area contributed by atoms with Crippen LogP contribution in [0.25, 0.3) is 0 Å². The monoisotopic (exact) mass is 655 g/mol. The summed E-state index contributed by atoms with van der Waals surface area (Å²) in [6.07, 6.45) is -0.160. The number of imide groups is 1. The van der Waals surface area contributed by atoms with E-state index in [1.807, 2.05) is 30.3 Å². The number of hydrogen-bond donors (Lipinski definition) is 2. The number of carbonyl (C=O) groups excluding carboxylic acids is 4. The van der Waals surface area contributed by atoms with Gasteiger partial charge in [-0.1, -0.05) is 30.3 Å². The smallest absolute Gasteiger partial charge is 0.410 e. The van der Waals surface area contributed by atoms with Gasteiger partial charge in [0.15, 0.2) is 0 Å². The molecule has 45 heavy (non-hydrogen) atoms. The number of benzene rings is 2. The molecule has 2 aromatic carbocycles. The number of thiophene rings is 1. The van der Waals surface area contributed by atoms with Crippen LogP contribution in [-0.4, -0.2) is 79.8 Å². The Bertz CT molecular complexity index is 1670. The van der Waals surface area contributed by atoms with E-state index in [2.05, 4.69) is 10.6 Å². The van der Waals surface area contributed by atoms with Gasteiger partial charge in [-0.3, -0.25) is 14.9 Å². The molecule has 14 heteroatoms. The molecule has 0 unspecified atom stereocenters. The van der Waals surface area contributed by atoms with Crippen LogP contribution in [0.4, 0.5) is 14.6 Å². The van der Waals surface area contributed by atoms with Crippen molar-refractivity contribution in [3.05, 3.63) is 81.7 Å². The van der Waals surface area contributed by atoms with Crippen molar-refractivity contribution in [1.29, 1.82) is 0 Å². The largest absolute Gasteiger partial charge is 0.450 e. The Labute approximate surface area is 267 Å². The van der Waals surface area contributed by atoms with Gasteiger partial charge in [0, 0.05) is 43.7 Å². The maximum atomic E-state index is 13.5. The summed E-state index contributed by atoms with van der Waals surface area (Å²) >= 11 is 1.13. The highest BCUT2D eigenvalue weighted by Gasteiger charge is 2.32. The number of fused-ring (bicyclic) bond motifs is 1. The zero-order chi connectivity index (χ0) is 32.9. The number of nitrogens with one attached hydrogen (secondary N) is 2. The Balaban J connectivity index is 1.59. The Morgan fingerprint density at radius 2 is 1.67 bits per heavy atom. The fourth-order valence-electron chi connectivity index (χ4n) is 4.77. The number of amides is 5. The van der Waals surface area contributed by atoms with Gasteiger partial charge >= 0.3 is 12.1 Å². The van der Waals surface area contributed by atoms with Crippen LogP contribution >= 0.6 is 11.3 Å². The molecule has 4 rings (SSSR count). The first-order valence-electron chi connectivity index (χ1n) is 14.4. The van der Waals surface area contributed by atoms with Gasteiger partial charge in [-0.15, -0.1) is 11.3 Å². The van der Waals surface area contributed by atoms with Gasteiger partial charge in [-0.25, -0.2) is 18.0 Å². The summed E-state index contributed by atoms with van der Waals surface area (Å²) in [5, 5.41) is 5.31. The number of nitrogens with zero attached hydrogens (tertiary/aromatic N) is 3. The van der Waals surface area contributed by atoms with Crippen LogP contribution in [-0.2, 0) is 34.3 Å². The molecule has 0 atom stereocenters. The standard InChI is InChI=1S/C31H37N5O7S2/c1-6-43-31(40)35-17-16-24-25(19-35)44-29(26(24)28(38)33-30(39)34(4)5)32-27(37)22-12-14-23(15-13-22)45(41,42)36(20(2)3)18-21-10-8-7-9-11-21/h7-15,20H,6,16-19H2,1-5H3,(H,32,37)(H,33,38,39). The highest BCUT2D eigenvalue weighted by molar-refractivity contribution is 7.89. The number of rotatable bonds is 9. The number of urea groups is 1. The lowest BCUT2D eigenvalue weighted by Crippen LogP contribution is -2.40. The maximum Gasteiger partial charge on any atom is 0.410 e. The van der Waals surface area contributed by atoms with Crippen molar-refractivity contribution < 1.29 is 32.3 Å². The fourth-order valence-corrected chi connectivity index (χ4v) is 7.65. The lowest BCUT2D eigenvalue weighted by molar-refractivity contribution is 0.0955. The Kier molecular flexibility index (Phi) is 10.6. The van der Waals surface area contributed by atoms with Crippen LogP contribution in [0.3, 0.4) is 0 Å². The summed E-state index contributed by atoms with van der Waals surface area (Å²) < 4.78 is 33.6. The quantitative estimate of drug-likeness (QED) is 0.345. The highest BCUT2D eigenvalue weighted by atomic mass is 32.2. The third kappa shape index (κ3) is 7.70. The van der Waals surface area contributed by atoms with Crippen LogP contribution in [0.15, 0.2) is 59.5 Å². The van der Waals surface area contributed by atoms with Gasteiger partial charge in [0.1, 0.15) is 5.00 Å². The van der Waals surface area contributed by atoms with Gasteiger partial charge in [0.25, 0.3) is 11.8 Å². The molecule has 0 saturated carbocycles. The van der Waals surface area contributed by atoms with E-state index in [0.29, 0.717) is 23.4 Å². The van der Waals surface area contributed by atoms with Crippen molar-refractivity contribution in [2.75, 3.05) is 32.6 Å². The fraction of sp³-hybridized carbons (Fsp3) is 0.355. The SMILES string of the molecule is CCOC(=O)N1CCc2c(sc(NC(=O)c3ccc(S(=O)(=O)N(Cc4ccccc4)C(C)C)cc3)c2C(=O)NC(=O)N(C)C)C1. The Morgan fingerprint density at radius 3 is 2.27 bits per heavy atom. The highest BCUT2D eigenvalue weighted by Crippen LogP contribution is 2.38. The van der Waals surface area contributed by atoms with Gasteiger partial charge in [-0.2, -0.15) is 4.31 Å². The summed E-state index contributed by atoms with van der Waals surface area (Å²) in [4.78, 5) is 54.7. The van der Waals surface area contributed by atoms with E-state index in [-0.39, 0.29) is 46.8 Å². The first kappa shape index (κ1) is 33.6. The van der Waals surface area contributed by atoms with E-state index in [0.717, 1.165) is 16.9 Å². The number of anilines is 1. The molecule has 1 aromatic heterocycles. The summed E-state index contributed by atoms with van der Waals surface area (Å²) in [5.41, 5.74) is 1.80. The van der Waals surface area contributed by atoms with Crippen LogP contribution in [0.1, 0.15) is 57.5 Å². The molecule has 1 aliphatic rings. The van der Waals surface area contributed by atoms with Gasteiger partial charge < -0.3 is 19.9 Å². The topological polar surface area (TPSA) is 145 Å². The molecule has 5 amide bonds. The molecule has 2 heterocycles. The number of sulfonamides is 1. The molecule has 240 valence electrons. The first-order valence-corrected chi connectivity index (χ1v) is 16.6. The van der Waals surface area contributed by atoms with Crippen molar-refractivity contribution in [3.8, 4) is 0 Å². The average Bonchev–Trinajstić information content (AvgIpc) is 3.37. The first-order chi connectivity index (χ1) is 21.3. The van der Waals surface area contributed by atoms with E-state index < -0.39 is 34.0 Å². The number of carbonyl (C=O) groups is 4. The minimum absolute atomic E-state index is 0.0385. The molecule has 2 N–H and O–H groups in total. The minimum atomic E-state index is -3.88. The van der Waals surface area contributed by atoms with Crippen molar-refractivity contribution in [1.82, 2.24) is 19.4 Å². The molecule has 0 spiro atoms. The maximum absolute atomic E-state index is 13.5. The zero-order valence-electron chi connectivity index (χ0n) is 25.8. The van der Waals surface area contributed by atoms with Crippen LogP contribution in [0.5, 0.6) is 0 Å². The predicted molar refractivity (Wildman–Crippen MR) is 171 cm³/mol. The Hall–Kier alpha value is -4.27. The van der Waals surface area contributed by atoms with Crippen LogP contribution in [0.2, 0.25) is 0 Å². The van der Waals surface area contributed by atoms with Gasteiger partial charge in [0.2, 0.25) is 10.0 Å². The normalized spacial score (nSPS) is 12.9. The molecule has 12 nitrogen and oxygen atoms in total. The van der Waals surface area contributed by atoms with E-state index in [1.54, 1.807) is 20.8 Å². The Morgan fingerprint density at radius 1 is 1.00 bits per heavy atom. The van der Waals surface area contributed by atoms with Crippen molar-refractivity contribution in [3.63, 3.8) is 0 Å². The molecule has 1 aliphatic heterocycles.